The molecule has 5 aromatic rings. The minimum Gasteiger partial charge on any atom is -0.493 e. The van der Waals surface area contributed by atoms with Crippen molar-refractivity contribution < 1.29 is 18.7 Å². The Morgan fingerprint density at radius 1 is 0.974 bits per heavy atom. The molecule has 0 radical (unpaired) electrons. The molecule has 0 bridgehead atoms. The molecule has 194 valence electrons. The van der Waals surface area contributed by atoms with Crippen LogP contribution in [-0.4, -0.2) is 35.5 Å². The number of fused-ring (bicyclic) bond motifs is 1. The standard InChI is InChI=1S/C30H23FN4O4/c1-38-26-13-7-10-21(28(26)39-19-27(36)33-23-16-14-22(31)15-17-23)18-32-35-29(20-8-3-2-4-9-20)34-25-12-6-5-11-24(25)30(35)37/h2-18H,19H2,1H3,(H,33,36). The Hall–Kier alpha value is -5.31. The van der Waals surface area contributed by atoms with E-state index in [9.17, 15) is 14.0 Å². The topological polar surface area (TPSA) is 94.8 Å². The molecule has 39 heavy (non-hydrogen) atoms. The number of carbonyl (C=O) groups is 1. The number of rotatable bonds is 8. The molecule has 0 unspecified atom stereocenters. The maximum atomic E-state index is 13.4. The molecule has 4 aromatic carbocycles. The van der Waals surface area contributed by atoms with E-state index in [0.717, 1.165) is 5.56 Å². The number of nitrogens with zero attached hydrogens (tertiary/aromatic N) is 3. The molecule has 1 heterocycles. The first-order valence-electron chi connectivity index (χ1n) is 12.0. The lowest BCUT2D eigenvalue weighted by Gasteiger charge is -2.14. The molecular weight excluding hydrogens is 499 g/mol. The van der Waals surface area contributed by atoms with Gasteiger partial charge in [-0.1, -0.05) is 48.5 Å². The minimum atomic E-state index is -0.447. The maximum absolute atomic E-state index is 13.4. The molecule has 0 aliphatic rings. The van der Waals surface area contributed by atoms with E-state index < -0.39 is 11.7 Å². The van der Waals surface area contributed by atoms with E-state index >= 15 is 0 Å². The van der Waals surface area contributed by atoms with Crippen LogP contribution < -0.4 is 20.3 Å². The highest BCUT2D eigenvalue weighted by Crippen LogP contribution is 2.30. The number of amides is 1. The van der Waals surface area contributed by atoms with Gasteiger partial charge in [-0.2, -0.15) is 9.78 Å². The highest BCUT2D eigenvalue weighted by atomic mass is 19.1. The number of nitrogens with one attached hydrogen (secondary N) is 1. The Bertz CT molecular complexity index is 1720. The molecule has 0 fully saturated rings. The van der Waals surface area contributed by atoms with Crippen LogP contribution in [0.15, 0.2) is 107 Å². The van der Waals surface area contributed by atoms with Crippen molar-refractivity contribution in [2.45, 2.75) is 0 Å². The Balaban J connectivity index is 1.48. The van der Waals surface area contributed by atoms with Crippen LogP contribution in [0.1, 0.15) is 5.56 Å². The van der Waals surface area contributed by atoms with Crippen molar-refractivity contribution in [3.8, 4) is 22.9 Å². The number of halogens is 1. The number of benzene rings is 4. The third-order valence-corrected chi connectivity index (χ3v) is 5.80. The summed E-state index contributed by atoms with van der Waals surface area (Å²) in [4.78, 5) is 30.6. The summed E-state index contributed by atoms with van der Waals surface area (Å²) in [7, 11) is 1.48. The zero-order valence-corrected chi connectivity index (χ0v) is 20.9. The summed E-state index contributed by atoms with van der Waals surface area (Å²) >= 11 is 0. The monoisotopic (exact) mass is 522 g/mol. The van der Waals surface area contributed by atoms with E-state index in [2.05, 4.69) is 10.4 Å². The fraction of sp³-hybridized carbons (Fsp3) is 0.0667. The quantitative estimate of drug-likeness (QED) is 0.286. The van der Waals surface area contributed by atoms with Gasteiger partial charge in [0.15, 0.2) is 23.9 Å². The highest BCUT2D eigenvalue weighted by Gasteiger charge is 2.15. The molecule has 0 saturated carbocycles. The summed E-state index contributed by atoms with van der Waals surface area (Å²) < 4.78 is 25.6. The summed E-state index contributed by atoms with van der Waals surface area (Å²) in [5.74, 6) is 0.163. The molecule has 9 heteroatoms. The van der Waals surface area contributed by atoms with E-state index in [4.69, 9.17) is 14.5 Å². The van der Waals surface area contributed by atoms with Gasteiger partial charge in [0, 0.05) is 16.8 Å². The molecule has 1 amide bonds. The Labute approximate surface area is 223 Å². The number of ether oxygens (including phenoxy) is 2. The SMILES string of the molecule is COc1cccc(C=Nn2c(-c3ccccc3)nc3ccccc3c2=O)c1OCC(=O)Nc1ccc(F)cc1. The van der Waals surface area contributed by atoms with Gasteiger partial charge in [0.25, 0.3) is 11.5 Å². The van der Waals surface area contributed by atoms with E-state index in [0.29, 0.717) is 33.7 Å². The van der Waals surface area contributed by atoms with Gasteiger partial charge in [-0.15, -0.1) is 0 Å². The molecule has 1 aromatic heterocycles. The van der Waals surface area contributed by atoms with Crippen molar-refractivity contribution in [3.05, 3.63) is 119 Å². The Morgan fingerprint density at radius 3 is 2.49 bits per heavy atom. The van der Waals surface area contributed by atoms with Gasteiger partial charge in [0.1, 0.15) is 5.82 Å². The zero-order valence-electron chi connectivity index (χ0n) is 20.9. The summed E-state index contributed by atoms with van der Waals surface area (Å²) in [6, 6.07) is 26.9. The molecular formula is C30H23FN4O4. The second-order valence-corrected chi connectivity index (χ2v) is 8.40. The summed E-state index contributed by atoms with van der Waals surface area (Å²) in [6.07, 6.45) is 1.46. The predicted octanol–water partition coefficient (Wildman–Crippen LogP) is 5.11. The van der Waals surface area contributed by atoms with E-state index in [-0.39, 0.29) is 17.9 Å². The number of para-hydroxylation sites is 2. The largest absolute Gasteiger partial charge is 0.493 e. The highest BCUT2D eigenvalue weighted by molar-refractivity contribution is 5.92. The van der Waals surface area contributed by atoms with E-state index in [1.165, 1.54) is 42.3 Å². The smallest absolute Gasteiger partial charge is 0.282 e. The second-order valence-electron chi connectivity index (χ2n) is 8.40. The minimum absolute atomic E-state index is 0.265. The van der Waals surface area contributed by atoms with Crippen molar-refractivity contribution in [3.63, 3.8) is 0 Å². The van der Waals surface area contributed by atoms with E-state index in [1.807, 2.05) is 36.4 Å². The van der Waals surface area contributed by atoms with Gasteiger partial charge < -0.3 is 14.8 Å². The van der Waals surface area contributed by atoms with Crippen LogP contribution >= 0.6 is 0 Å². The maximum Gasteiger partial charge on any atom is 0.282 e. The second kappa shape index (κ2) is 11.4. The van der Waals surface area contributed by atoms with Crippen LogP contribution in [0.2, 0.25) is 0 Å². The van der Waals surface area contributed by atoms with Gasteiger partial charge in [-0.25, -0.2) is 9.37 Å². The first-order valence-corrected chi connectivity index (χ1v) is 12.0. The first kappa shape index (κ1) is 25.3. The van der Waals surface area contributed by atoms with Crippen molar-refractivity contribution in [1.29, 1.82) is 0 Å². The van der Waals surface area contributed by atoms with Gasteiger partial charge in [-0.3, -0.25) is 9.59 Å². The summed E-state index contributed by atoms with van der Waals surface area (Å²) in [6.45, 7) is -0.342. The fourth-order valence-corrected chi connectivity index (χ4v) is 3.94. The third kappa shape index (κ3) is 5.67. The van der Waals surface area contributed by atoms with Crippen molar-refractivity contribution >= 4 is 28.7 Å². The first-order chi connectivity index (χ1) is 19.0. The van der Waals surface area contributed by atoms with Crippen LogP contribution in [0.5, 0.6) is 11.5 Å². The Kier molecular flexibility index (Phi) is 7.40. The van der Waals surface area contributed by atoms with E-state index in [1.54, 1.807) is 36.4 Å². The number of anilines is 1. The molecule has 0 atom stereocenters. The number of carbonyl (C=O) groups excluding carboxylic acids is 1. The van der Waals surface area contributed by atoms with Crippen molar-refractivity contribution in [2.24, 2.45) is 5.10 Å². The molecule has 1 N–H and O–H groups in total. The molecule has 0 aliphatic heterocycles. The summed E-state index contributed by atoms with van der Waals surface area (Å²) in [5, 5.41) is 7.56. The number of hydrogen-bond acceptors (Lipinski definition) is 6. The van der Waals surface area contributed by atoms with Crippen LogP contribution in [0.4, 0.5) is 10.1 Å². The van der Waals surface area contributed by atoms with Crippen LogP contribution in [0.25, 0.3) is 22.3 Å². The molecule has 8 nitrogen and oxygen atoms in total. The zero-order chi connectivity index (χ0) is 27.2. The fourth-order valence-electron chi connectivity index (χ4n) is 3.94. The van der Waals surface area contributed by atoms with Crippen LogP contribution in [0.3, 0.4) is 0 Å². The predicted molar refractivity (Wildman–Crippen MR) is 148 cm³/mol. The number of hydrogen-bond donors (Lipinski definition) is 1. The molecule has 5 rings (SSSR count). The average Bonchev–Trinajstić information content (AvgIpc) is 2.97. The molecule has 0 aliphatic carbocycles. The molecule has 0 saturated heterocycles. The van der Waals surface area contributed by atoms with Crippen molar-refractivity contribution in [1.82, 2.24) is 9.66 Å². The normalized spacial score (nSPS) is 11.0. The van der Waals surface area contributed by atoms with Gasteiger partial charge in [0.2, 0.25) is 0 Å². The van der Waals surface area contributed by atoms with Crippen molar-refractivity contribution in [2.75, 3.05) is 19.0 Å². The van der Waals surface area contributed by atoms with Gasteiger partial charge in [0.05, 0.1) is 24.2 Å². The van der Waals surface area contributed by atoms with Gasteiger partial charge >= 0.3 is 0 Å². The van der Waals surface area contributed by atoms with Crippen LogP contribution in [0, 0.1) is 5.82 Å². The number of methoxy groups -OCH3 is 1. The van der Waals surface area contributed by atoms with Crippen LogP contribution in [-0.2, 0) is 4.79 Å². The Morgan fingerprint density at radius 2 is 1.72 bits per heavy atom. The van der Waals surface area contributed by atoms with Gasteiger partial charge in [-0.05, 0) is 48.5 Å². The lowest BCUT2D eigenvalue weighted by atomic mass is 10.2. The number of aromatic nitrogens is 2. The lowest BCUT2D eigenvalue weighted by molar-refractivity contribution is -0.118. The third-order valence-electron chi connectivity index (χ3n) is 5.80. The summed E-state index contributed by atoms with van der Waals surface area (Å²) in [5.41, 5.74) is 1.86. The average molecular weight is 523 g/mol. The molecule has 0 spiro atoms. The lowest BCUT2D eigenvalue weighted by Crippen LogP contribution is -2.21.